The maximum absolute atomic E-state index is 9.91. The molecule has 0 unspecified atom stereocenters. The Morgan fingerprint density at radius 3 is 2.18 bits per heavy atom. The summed E-state index contributed by atoms with van der Waals surface area (Å²) in [5, 5.41) is 17.6. The van der Waals surface area contributed by atoms with Gasteiger partial charge in [-0.05, 0) is 110 Å². The summed E-state index contributed by atoms with van der Waals surface area (Å²) in [6.07, 6.45) is 0. The third-order valence-corrected chi connectivity index (χ3v) is 11.1. The second-order valence-corrected chi connectivity index (χ2v) is 13.6. The van der Waals surface area contributed by atoms with E-state index in [0.29, 0.717) is 5.56 Å². The summed E-state index contributed by atoms with van der Waals surface area (Å²) in [4.78, 5) is 2.45. The predicted molar refractivity (Wildman–Crippen MR) is 210 cm³/mol. The number of rotatable bonds is 2. The van der Waals surface area contributed by atoms with Crippen LogP contribution in [0.25, 0.3) is 65.6 Å². The molecule has 0 aliphatic carbocycles. The van der Waals surface area contributed by atoms with Gasteiger partial charge in [0.15, 0.2) is 0 Å². The lowest BCUT2D eigenvalue weighted by atomic mass is 9.44. The van der Waals surface area contributed by atoms with Crippen molar-refractivity contribution in [3.05, 3.63) is 163 Å². The van der Waals surface area contributed by atoms with Gasteiger partial charge >= 0.3 is 6.85 Å². The van der Waals surface area contributed by atoms with Crippen molar-refractivity contribution in [1.82, 2.24) is 4.48 Å². The van der Waals surface area contributed by atoms with Gasteiger partial charge in [-0.25, -0.2) is 0 Å². The van der Waals surface area contributed by atoms with Crippen molar-refractivity contribution in [2.24, 2.45) is 0 Å². The Kier molecular flexibility index (Phi) is 5.47. The third-order valence-electron chi connectivity index (χ3n) is 11.1. The Hall–Kier alpha value is -6.57. The molecule has 3 heterocycles. The summed E-state index contributed by atoms with van der Waals surface area (Å²) in [7, 11) is 0. The molecule has 0 spiro atoms. The number of benzene rings is 8. The summed E-state index contributed by atoms with van der Waals surface area (Å²) in [6, 6.07) is 57.3. The highest BCUT2D eigenvalue weighted by Crippen LogP contribution is 2.50. The Labute approximate surface area is 290 Å². The van der Waals surface area contributed by atoms with Crippen LogP contribution >= 0.6 is 0 Å². The van der Waals surface area contributed by atoms with Gasteiger partial charge in [-0.15, -0.1) is 0 Å². The van der Waals surface area contributed by atoms with Crippen molar-refractivity contribution >= 4 is 78.2 Å². The monoisotopic (exact) mass is 633 g/mol. The third kappa shape index (κ3) is 3.48. The van der Waals surface area contributed by atoms with E-state index in [1.165, 1.54) is 82.3 Å². The zero-order chi connectivity index (χ0) is 33.1. The first-order valence-corrected chi connectivity index (χ1v) is 17.2. The molecular weight excluding hydrogens is 605 g/mol. The molecule has 0 saturated carbocycles. The van der Waals surface area contributed by atoms with Crippen molar-refractivity contribution in [3.8, 4) is 28.3 Å². The van der Waals surface area contributed by atoms with Crippen LogP contribution in [0.5, 0.6) is 0 Å². The van der Waals surface area contributed by atoms with Crippen molar-refractivity contribution in [2.75, 3.05) is 4.90 Å². The molecule has 0 fully saturated rings. The van der Waals surface area contributed by atoms with Crippen LogP contribution in [0.15, 0.2) is 152 Å². The van der Waals surface area contributed by atoms with Crippen LogP contribution in [0.3, 0.4) is 0 Å². The second kappa shape index (κ2) is 9.98. The van der Waals surface area contributed by atoms with Gasteiger partial charge in [0.05, 0.1) is 11.6 Å². The quantitative estimate of drug-likeness (QED) is 0.178. The Bertz CT molecular complexity index is 2970. The topological polar surface area (TPSA) is 32.0 Å². The van der Waals surface area contributed by atoms with E-state index in [1.54, 1.807) is 0 Å². The Morgan fingerprint density at radius 1 is 0.600 bits per heavy atom. The van der Waals surface area contributed by atoms with Gasteiger partial charge in [0, 0.05) is 44.4 Å². The van der Waals surface area contributed by atoms with Gasteiger partial charge in [0.25, 0.3) is 0 Å². The highest BCUT2D eigenvalue weighted by molar-refractivity contribution is 6.90. The molecule has 8 aromatic carbocycles. The maximum atomic E-state index is 9.91. The van der Waals surface area contributed by atoms with Crippen molar-refractivity contribution < 1.29 is 0 Å². The van der Waals surface area contributed by atoms with Gasteiger partial charge in [-0.3, -0.25) is 0 Å². The fourth-order valence-corrected chi connectivity index (χ4v) is 9.13. The summed E-state index contributed by atoms with van der Waals surface area (Å²) < 4.78 is 2.65. The van der Waals surface area contributed by atoms with Crippen LogP contribution < -0.4 is 15.8 Å². The summed E-state index contributed by atoms with van der Waals surface area (Å²) in [5.74, 6) is 0. The number of nitriles is 1. The smallest absolute Gasteiger partial charge is 0.333 e. The molecule has 4 heteroatoms. The molecule has 11 rings (SSSR count). The number of anilines is 3. The maximum Gasteiger partial charge on any atom is 0.333 e. The Morgan fingerprint density at radius 2 is 1.34 bits per heavy atom. The zero-order valence-corrected chi connectivity index (χ0v) is 27.4. The standard InChI is InChI=1S/C46H28BN3/c1-28-36(31-15-11-12-29(24-31)27-48)26-41-45-42(28)37-25-32-14-6-8-19-35(32)44-43-34-18-7-5-13-30(34)22-23-40(43)50(46(37)44)47(45)38-20-9-10-21-39(38)49(41)33-16-3-2-4-17-33/h2-26H,1H3. The molecule has 9 aromatic rings. The highest BCUT2D eigenvalue weighted by Gasteiger charge is 2.44. The van der Waals surface area contributed by atoms with Crippen molar-refractivity contribution in [1.29, 1.82) is 5.26 Å². The lowest BCUT2D eigenvalue weighted by Crippen LogP contribution is -2.56. The summed E-state index contributed by atoms with van der Waals surface area (Å²) >= 11 is 0. The number of aromatic nitrogens is 1. The zero-order valence-electron chi connectivity index (χ0n) is 27.4. The van der Waals surface area contributed by atoms with E-state index in [1.807, 2.05) is 18.2 Å². The van der Waals surface area contributed by atoms with E-state index in [2.05, 4.69) is 156 Å². The summed E-state index contributed by atoms with van der Waals surface area (Å²) in [6.45, 7) is 2.24. The molecule has 230 valence electrons. The van der Waals surface area contributed by atoms with Gasteiger partial charge in [0.1, 0.15) is 0 Å². The second-order valence-electron chi connectivity index (χ2n) is 13.6. The highest BCUT2D eigenvalue weighted by atomic mass is 15.2. The minimum atomic E-state index is -0.0378. The van der Waals surface area contributed by atoms with Gasteiger partial charge in [-0.1, -0.05) is 103 Å². The molecule has 50 heavy (non-hydrogen) atoms. The van der Waals surface area contributed by atoms with Gasteiger partial charge in [-0.2, -0.15) is 5.26 Å². The van der Waals surface area contributed by atoms with Crippen molar-refractivity contribution in [2.45, 2.75) is 6.92 Å². The van der Waals surface area contributed by atoms with Crippen molar-refractivity contribution in [3.63, 3.8) is 0 Å². The molecule has 0 radical (unpaired) electrons. The SMILES string of the molecule is Cc1c(-c2cccc(C#N)c2)cc2c3c1-c1cc4ccccc4c4c5c6ccccc6ccc5n(c14)B3c1ccccc1N2c1ccccc1. The van der Waals surface area contributed by atoms with Crippen LogP contribution in [-0.2, 0) is 0 Å². The van der Waals surface area contributed by atoms with Gasteiger partial charge < -0.3 is 9.38 Å². The first kappa shape index (κ1) is 27.4. The molecule has 0 bridgehead atoms. The lowest BCUT2D eigenvalue weighted by Gasteiger charge is -2.41. The lowest BCUT2D eigenvalue weighted by molar-refractivity contribution is 1.25. The van der Waals surface area contributed by atoms with Crippen LogP contribution in [0.2, 0.25) is 0 Å². The average molecular weight is 634 g/mol. The molecule has 3 nitrogen and oxygen atoms in total. The number of fused-ring (bicyclic) bond motifs is 11. The number of hydrogen-bond acceptors (Lipinski definition) is 2. The predicted octanol–water partition coefficient (Wildman–Crippen LogP) is 10.4. The molecular formula is C46H28BN3. The molecule has 0 N–H and O–H groups in total. The van der Waals surface area contributed by atoms with Crippen LogP contribution in [0, 0.1) is 18.3 Å². The summed E-state index contributed by atoms with van der Waals surface area (Å²) in [5.41, 5.74) is 15.3. The fourth-order valence-electron chi connectivity index (χ4n) is 9.13. The first-order valence-electron chi connectivity index (χ1n) is 17.2. The normalized spacial score (nSPS) is 12.8. The molecule has 0 atom stereocenters. The number of para-hydroxylation sites is 2. The van der Waals surface area contributed by atoms with E-state index in [9.17, 15) is 5.26 Å². The minimum absolute atomic E-state index is 0.0378. The van der Waals surface area contributed by atoms with E-state index < -0.39 is 0 Å². The van der Waals surface area contributed by atoms with Crippen LogP contribution in [0.4, 0.5) is 17.1 Å². The van der Waals surface area contributed by atoms with E-state index in [-0.39, 0.29) is 6.85 Å². The molecule has 1 aromatic heterocycles. The Balaban J connectivity index is 1.40. The molecule has 0 saturated heterocycles. The van der Waals surface area contributed by atoms with Crippen LogP contribution in [0.1, 0.15) is 11.1 Å². The molecule has 2 aliphatic heterocycles. The average Bonchev–Trinajstić information content (AvgIpc) is 3.53. The minimum Gasteiger partial charge on any atom is -0.375 e. The van der Waals surface area contributed by atoms with E-state index in [0.717, 1.165) is 16.8 Å². The van der Waals surface area contributed by atoms with Gasteiger partial charge in [0.2, 0.25) is 0 Å². The number of hydrogen-bond donors (Lipinski definition) is 0. The number of nitrogens with zero attached hydrogens (tertiary/aromatic N) is 3. The van der Waals surface area contributed by atoms with E-state index in [4.69, 9.17) is 0 Å². The molecule has 2 aliphatic rings. The van der Waals surface area contributed by atoms with E-state index >= 15 is 0 Å². The molecule has 0 amide bonds. The fraction of sp³-hybridized carbons (Fsp3) is 0.0217. The largest absolute Gasteiger partial charge is 0.375 e. The van der Waals surface area contributed by atoms with Crippen LogP contribution in [-0.4, -0.2) is 11.3 Å². The first-order chi connectivity index (χ1) is 24.7.